The molecule has 34 heavy (non-hydrogen) atoms. The summed E-state index contributed by atoms with van der Waals surface area (Å²) in [6, 6.07) is 5.36. The van der Waals surface area contributed by atoms with E-state index in [4.69, 9.17) is 14.2 Å². The number of carbonyl (C=O) groups is 1. The maximum Gasteiger partial charge on any atom is 0.243 e. The first-order chi connectivity index (χ1) is 16.0. The van der Waals surface area contributed by atoms with Crippen molar-refractivity contribution in [1.29, 1.82) is 0 Å². The van der Waals surface area contributed by atoms with Gasteiger partial charge in [-0.3, -0.25) is 4.79 Å². The molecule has 8 nitrogen and oxygen atoms in total. The number of ether oxygens (including phenoxy) is 3. The van der Waals surface area contributed by atoms with Crippen molar-refractivity contribution in [3.8, 4) is 17.2 Å². The second-order valence-electron chi connectivity index (χ2n) is 8.67. The molecule has 3 rings (SSSR count). The molecule has 1 heterocycles. The van der Waals surface area contributed by atoms with Crippen LogP contribution >= 0.6 is 0 Å². The van der Waals surface area contributed by atoms with Crippen LogP contribution in [-0.2, 0) is 14.8 Å². The molecular weight excluding hydrogens is 456 g/mol. The normalized spacial score (nSPS) is 15.1. The number of benzene rings is 2. The molecule has 0 bridgehead atoms. The van der Waals surface area contributed by atoms with Crippen molar-refractivity contribution in [3.63, 3.8) is 0 Å². The number of nitrogens with one attached hydrogen (secondary N) is 1. The highest BCUT2D eigenvalue weighted by molar-refractivity contribution is 7.89. The average Bonchev–Trinajstić information content (AvgIpc) is 2.82. The second kappa shape index (κ2) is 10.2. The zero-order valence-corrected chi connectivity index (χ0v) is 21.8. The number of piperidine rings is 1. The number of anilines is 1. The zero-order chi connectivity index (χ0) is 25.2. The van der Waals surface area contributed by atoms with E-state index in [0.29, 0.717) is 53.8 Å². The second-order valence-corrected chi connectivity index (χ2v) is 10.5. The molecule has 9 heteroatoms. The quantitative estimate of drug-likeness (QED) is 0.631. The topological polar surface area (TPSA) is 94.2 Å². The lowest BCUT2D eigenvalue weighted by Crippen LogP contribution is -2.41. The highest BCUT2D eigenvalue weighted by atomic mass is 32.2. The van der Waals surface area contributed by atoms with Gasteiger partial charge in [0.15, 0.2) is 11.5 Å². The van der Waals surface area contributed by atoms with Crippen LogP contribution in [0.4, 0.5) is 5.69 Å². The lowest BCUT2D eigenvalue weighted by atomic mass is 9.97. The van der Waals surface area contributed by atoms with E-state index in [1.165, 1.54) is 25.6 Å². The molecule has 0 atom stereocenters. The third-order valence-corrected chi connectivity index (χ3v) is 8.83. The van der Waals surface area contributed by atoms with Gasteiger partial charge in [-0.05, 0) is 62.8 Å². The Balaban J connectivity index is 1.74. The molecular formula is C25H34N2O6S. The fourth-order valence-electron chi connectivity index (χ4n) is 4.45. The maximum absolute atomic E-state index is 13.5. The van der Waals surface area contributed by atoms with Gasteiger partial charge >= 0.3 is 0 Å². The molecule has 0 spiro atoms. The van der Waals surface area contributed by atoms with Crippen LogP contribution in [0.1, 0.15) is 35.1 Å². The molecule has 1 saturated heterocycles. The van der Waals surface area contributed by atoms with Crippen LogP contribution < -0.4 is 19.5 Å². The Labute approximate surface area is 202 Å². The van der Waals surface area contributed by atoms with Crippen LogP contribution in [0.3, 0.4) is 0 Å². The summed E-state index contributed by atoms with van der Waals surface area (Å²) in [6.07, 6.45) is 0.886. The number of aryl methyl sites for hydroxylation is 2. The summed E-state index contributed by atoms with van der Waals surface area (Å²) >= 11 is 0. The van der Waals surface area contributed by atoms with E-state index in [1.807, 2.05) is 33.8 Å². The van der Waals surface area contributed by atoms with Gasteiger partial charge in [0.2, 0.25) is 21.7 Å². The van der Waals surface area contributed by atoms with Gasteiger partial charge in [0, 0.05) is 36.8 Å². The minimum absolute atomic E-state index is 0.162. The van der Waals surface area contributed by atoms with E-state index in [9.17, 15) is 13.2 Å². The summed E-state index contributed by atoms with van der Waals surface area (Å²) in [7, 11) is 0.892. The maximum atomic E-state index is 13.5. The molecule has 186 valence electrons. The van der Waals surface area contributed by atoms with Gasteiger partial charge < -0.3 is 19.5 Å². The van der Waals surface area contributed by atoms with E-state index in [-0.39, 0.29) is 11.8 Å². The Kier molecular flexibility index (Phi) is 7.77. The lowest BCUT2D eigenvalue weighted by Gasteiger charge is -2.32. The molecule has 0 aliphatic carbocycles. The van der Waals surface area contributed by atoms with Gasteiger partial charge in [-0.25, -0.2) is 8.42 Å². The number of hydrogen-bond acceptors (Lipinski definition) is 6. The fraction of sp³-hybridized carbons (Fsp3) is 0.480. The Morgan fingerprint density at radius 1 is 0.882 bits per heavy atom. The molecule has 1 aliphatic heterocycles. The summed E-state index contributed by atoms with van der Waals surface area (Å²) in [6.45, 7) is 8.16. The van der Waals surface area contributed by atoms with Crippen LogP contribution in [0.25, 0.3) is 0 Å². The van der Waals surface area contributed by atoms with Crippen LogP contribution in [0.15, 0.2) is 23.1 Å². The molecule has 0 radical (unpaired) electrons. The average molecular weight is 491 g/mol. The fourth-order valence-corrected chi connectivity index (χ4v) is 6.50. The van der Waals surface area contributed by atoms with Crippen molar-refractivity contribution in [2.75, 3.05) is 39.7 Å². The first-order valence-electron chi connectivity index (χ1n) is 11.2. The number of carbonyl (C=O) groups excluding carboxylic acids is 1. The van der Waals surface area contributed by atoms with Crippen LogP contribution in [0.5, 0.6) is 17.2 Å². The summed E-state index contributed by atoms with van der Waals surface area (Å²) in [5.41, 5.74) is 4.01. The highest BCUT2D eigenvalue weighted by Crippen LogP contribution is 2.40. The molecule has 1 aliphatic rings. The highest BCUT2D eigenvalue weighted by Gasteiger charge is 2.34. The Morgan fingerprint density at radius 2 is 1.38 bits per heavy atom. The minimum atomic E-state index is -3.65. The van der Waals surface area contributed by atoms with Crippen LogP contribution in [-0.4, -0.2) is 53.0 Å². The van der Waals surface area contributed by atoms with E-state index < -0.39 is 10.0 Å². The van der Waals surface area contributed by atoms with Crippen molar-refractivity contribution >= 4 is 21.6 Å². The smallest absolute Gasteiger partial charge is 0.243 e. The van der Waals surface area contributed by atoms with Crippen molar-refractivity contribution in [2.45, 2.75) is 45.4 Å². The Bertz CT molecular complexity index is 1130. The predicted molar refractivity (Wildman–Crippen MR) is 132 cm³/mol. The van der Waals surface area contributed by atoms with Gasteiger partial charge in [0.1, 0.15) is 0 Å². The molecule has 0 aromatic heterocycles. The number of rotatable bonds is 7. The Hall–Kier alpha value is -2.78. The standard InChI is InChI=1S/C25H34N2O6S/c1-15-12-16(2)18(4)24(17(15)3)34(29,30)27-10-8-19(9-11-27)25(28)26-20-13-21(31-5)23(33-7)22(14-20)32-6/h12-14,19H,8-11H2,1-7H3,(H,26,28). The number of nitrogens with zero attached hydrogens (tertiary/aromatic N) is 1. The molecule has 0 saturated carbocycles. The zero-order valence-electron chi connectivity index (χ0n) is 20.9. The van der Waals surface area contributed by atoms with Crippen LogP contribution in [0.2, 0.25) is 0 Å². The third-order valence-electron chi connectivity index (χ3n) is 6.65. The first kappa shape index (κ1) is 25.8. The van der Waals surface area contributed by atoms with Crippen molar-refractivity contribution in [2.24, 2.45) is 5.92 Å². The van der Waals surface area contributed by atoms with Gasteiger partial charge in [-0.15, -0.1) is 0 Å². The molecule has 2 aromatic rings. The van der Waals surface area contributed by atoms with Gasteiger partial charge in [0.25, 0.3) is 0 Å². The molecule has 1 fully saturated rings. The van der Waals surface area contributed by atoms with E-state index >= 15 is 0 Å². The van der Waals surface area contributed by atoms with E-state index in [0.717, 1.165) is 22.3 Å². The van der Waals surface area contributed by atoms with Gasteiger partial charge in [0.05, 0.1) is 26.2 Å². The van der Waals surface area contributed by atoms with Crippen molar-refractivity contribution < 1.29 is 27.4 Å². The van der Waals surface area contributed by atoms with Gasteiger partial charge in [-0.1, -0.05) is 6.07 Å². The molecule has 1 N–H and O–H groups in total. The minimum Gasteiger partial charge on any atom is -0.493 e. The number of hydrogen-bond donors (Lipinski definition) is 1. The van der Waals surface area contributed by atoms with Gasteiger partial charge in [-0.2, -0.15) is 4.31 Å². The van der Waals surface area contributed by atoms with Crippen molar-refractivity contribution in [1.82, 2.24) is 4.31 Å². The van der Waals surface area contributed by atoms with E-state index in [2.05, 4.69) is 5.32 Å². The largest absolute Gasteiger partial charge is 0.493 e. The molecule has 2 aromatic carbocycles. The van der Waals surface area contributed by atoms with E-state index in [1.54, 1.807) is 12.1 Å². The molecule has 1 amide bonds. The summed E-state index contributed by atoms with van der Waals surface area (Å²) in [5.74, 6) is 0.866. The third kappa shape index (κ3) is 4.86. The van der Waals surface area contributed by atoms with Crippen LogP contribution in [0, 0.1) is 33.6 Å². The summed E-state index contributed by atoms with van der Waals surface area (Å²) in [5, 5.41) is 2.91. The Morgan fingerprint density at radius 3 is 1.82 bits per heavy atom. The lowest BCUT2D eigenvalue weighted by molar-refractivity contribution is -0.120. The summed E-state index contributed by atoms with van der Waals surface area (Å²) in [4.78, 5) is 13.3. The van der Waals surface area contributed by atoms with Crippen molar-refractivity contribution in [3.05, 3.63) is 40.5 Å². The first-order valence-corrected chi connectivity index (χ1v) is 12.7. The predicted octanol–water partition coefficient (Wildman–Crippen LogP) is 3.99. The SMILES string of the molecule is COc1cc(NC(=O)C2CCN(S(=O)(=O)c3c(C)c(C)cc(C)c3C)CC2)cc(OC)c1OC. The molecule has 0 unspecified atom stereocenters. The number of methoxy groups -OCH3 is 3. The number of amides is 1. The summed E-state index contributed by atoms with van der Waals surface area (Å²) < 4.78 is 44.5. The number of sulfonamides is 1. The monoisotopic (exact) mass is 490 g/mol.